The molecule has 0 unspecified atom stereocenters. The van der Waals surface area contributed by atoms with Gasteiger partial charge in [0.15, 0.2) is 0 Å². The number of aromatic nitrogens is 1. The molecule has 112 valence electrons. The van der Waals surface area contributed by atoms with Crippen molar-refractivity contribution < 1.29 is 22.3 Å². The molecule has 1 aliphatic rings. The second-order valence-corrected chi connectivity index (χ2v) is 4.86. The summed E-state index contributed by atoms with van der Waals surface area (Å²) in [5.74, 6) is -0.325. The molecule has 2 aromatic rings. The third-order valence-electron chi connectivity index (χ3n) is 3.07. The molecule has 1 heterocycles. The van der Waals surface area contributed by atoms with Crippen LogP contribution in [0.2, 0.25) is 0 Å². The average molecular weight is 298 g/mol. The third kappa shape index (κ3) is 3.55. The Bertz CT molecular complexity index is 621. The lowest BCUT2D eigenvalue weighted by Gasteiger charge is -2.10. The molecule has 21 heavy (non-hydrogen) atoms. The van der Waals surface area contributed by atoms with Crippen LogP contribution in [-0.4, -0.2) is 11.0 Å². The zero-order valence-electron chi connectivity index (χ0n) is 11.0. The van der Waals surface area contributed by atoms with E-state index in [1.165, 1.54) is 24.5 Å². The van der Waals surface area contributed by atoms with Gasteiger partial charge < -0.3 is 14.5 Å². The first-order valence-corrected chi connectivity index (χ1v) is 6.54. The van der Waals surface area contributed by atoms with Crippen molar-refractivity contribution in [3.63, 3.8) is 0 Å². The average Bonchev–Trinajstić information content (AvgIpc) is 3.16. The van der Waals surface area contributed by atoms with E-state index in [2.05, 4.69) is 10.3 Å². The van der Waals surface area contributed by atoms with Crippen molar-refractivity contribution in [3.05, 3.63) is 41.8 Å². The molecule has 1 aromatic carbocycles. The molecular weight excluding hydrogens is 285 g/mol. The Morgan fingerprint density at radius 2 is 2.05 bits per heavy atom. The summed E-state index contributed by atoms with van der Waals surface area (Å²) in [7, 11) is 0. The van der Waals surface area contributed by atoms with Gasteiger partial charge in [-0.05, 0) is 25.0 Å². The molecule has 1 aromatic heterocycles. The summed E-state index contributed by atoms with van der Waals surface area (Å²) >= 11 is 0. The minimum atomic E-state index is -4.49. The molecule has 4 nitrogen and oxygen atoms in total. The van der Waals surface area contributed by atoms with E-state index in [0.29, 0.717) is 18.3 Å². The highest BCUT2D eigenvalue weighted by atomic mass is 19.4. The van der Waals surface area contributed by atoms with Gasteiger partial charge in [0.25, 0.3) is 0 Å². The van der Waals surface area contributed by atoms with E-state index in [0.717, 1.165) is 18.9 Å². The quantitative estimate of drug-likeness (QED) is 0.913. The number of nitrogens with one attached hydrogen (secondary N) is 1. The van der Waals surface area contributed by atoms with Crippen molar-refractivity contribution in [2.75, 3.05) is 0 Å². The van der Waals surface area contributed by atoms with Crippen LogP contribution in [0.1, 0.15) is 24.1 Å². The summed E-state index contributed by atoms with van der Waals surface area (Å²) in [4.78, 5) is 4.01. The van der Waals surface area contributed by atoms with Crippen molar-refractivity contribution >= 4 is 0 Å². The SMILES string of the molecule is FC(F)(F)c1ccccc1Oc1nc(CNC2CC2)co1. The van der Waals surface area contributed by atoms with Gasteiger partial charge in [0.1, 0.15) is 12.0 Å². The number of alkyl halides is 3. The molecule has 0 spiro atoms. The van der Waals surface area contributed by atoms with Crippen LogP contribution in [0.5, 0.6) is 11.8 Å². The number of hydrogen-bond acceptors (Lipinski definition) is 4. The zero-order valence-corrected chi connectivity index (χ0v) is 11.0. The van der Waals surface area contributed by atoms with E-state index < -0.39 is 11.7 Å². The van der Waals surface area contributed by atoms with E-state index in [-0.39, 0.29) is 11.8 Å². The minimum absolute atomic E-state index is 0.195. The summed E-state index contributed by atoms with van der Waals surface area (Å²) in [5.41, 5.74) is -0.262. The number of nitrogens with zero attached hydrogens (tertiary/aromatic N) is 1. The van der Waals surface area contributed by atoms with Gasteiger partial charge in [-0.25, -0.2) is 0 Å². The smallest absolute Gasteiger partial charge is 0.417 e. The Labute approximate surface area is 118 Å². The Morgan fingerprint density at radius 1 is 1.29 bits per heavy atom. The topological polar surface area (TPSA) is 47.3 Å². The number of hydrogen-bond donors (Lipinski definition) is 1. The van der Waals surface area contributed by atoms with Crippen molar-refractivity contribution in [1.29, 1.82) is 0 Å². The van der Waals surface area contributed by atoms with Gasteiger partial charge in [-0.1, -0.05) is 12.1 Å². The minimum Gasteiger partial charge on any atom is -0.417 e. The van der Waals surface area contributed by atoms with E-state index in [4.69, 9.17) is 9.15 Å². The normalized spacial score (nSPS) is 15.2. The fraction of sp³-hybridized carbons (Fsp3) is 0.357. The van der Waals surface area contributed by atoms with Crippen LogP contribution < -0.4 is 10.1 Å². The number of ether oxygens (including phenoxy) is 1. The summed E-state index contributed by atoms with van der Waals surface area (Å²) in [6, 6.07) is 5.46. The molecule has 1 aliphatic carbocycles. The molecule has 0 amide bonds. The number of halogens is 3. The molecule has 0 atom stereocenters. The van der Waals surface area contributed by atoms with Crippen LogP contribution in [0.15, 0.2) is 34.9 Å². The van der Waals surface area contributed by atoms with Gasteiger partial charge in [-0.15, -0.1) is 0 Å². The Morgan fingerprint density at radius 3 is 2.76 bits per heavy atom. The molecule has 0 aliphatic heterocycles. The highest BCUT2D eigenvalue weighted by molar-refractivity contribution is 5.37. The first-order valence-electron chi connectivity index (χ1n) is 6.54. The molecule has 0 radical (unpaired) electrons. The maximum absolute atomic E-state index is 12.8. The van der Waals surface area contributed by atoms with Crippen LogP contribution in [0.3, 0.4) is 0 Å². The zero-order chi connectivity index (χ0) is 14.9. The third-order valence-corrected chi connectivity index (χ3v) is 3.07. The van der Waals surface area contributed by atoms with Crippen LogP contribution in [-0.2, 0) is 12.7 Å². The van der Waals surface area contributed by atoms with Crippen molar-refractivity contribution in [3.8, 4) is 11.8 Å². The number of rotatable bonds is 5. The van der Waals surface area contributed by atoms with Gasteiger partial charge in [-0.3, -0.25) is 0 Å². The monoisotopic (exact) mass is 298 g/mol. The van der Waals surface area contributed by atoms with Crippen LogP contribution in [0, 0.1) is 0 Å². The van der Waals surface area contributed by atoms with E-state index in [1.807, 2.05) is 0 Å². The van der Waals surface area contributed by atoms with Crippen LogP contribution in [0.4, 0.5) is 13.2 Å². The van der Waals surface area contributed by atoms with Crippen LogP contribution in [0.25, 0.3) is 0 Å². The van der Waals surface area contributed by atoms with Gasteiger partial charge >= 0.3 is 12.3 Å². The lowest BCUT2D eigenvalue weighted by atomic mass is 10.2. The predicted octanol–water partition coefficient (Wildman–Crippen LogP) is 3.74. The summed E-state index contributed by atoms with van der Waals surface area (Å²) < 4.78 is 48.7. The molecular formula is C14H13F3N2O2. The fourth-order valence-electron chi connectivity index (χ4n) is 1.84. The standard InChI is InChI=1S/C14H13F3N2O2/c15-14(16,17)11-3-1-2-4-12(11)21-13-19-10(8-20-13)7-18-9-5-6-9/h1-4,8-9,18H,5-7H2. The lowest BCUT2D eigenvalue weighted by molar-refractivity contribution is -0.138. The highest BCUT2D eigenvalue weighted by Crippen LogP contribution is 2.37. The molecule has 3 rings (SSSR count). The molecule has 1 fully saturated rings. The van der Waals surface area contributed by atoms with Crippen molar-refractivity contribution in [1.82, 2.24) is 10.3 Å². The summed E-state index contributed by atoms with van der Waals surface area (Å²) in [6.45, 7) is 0.512. The van der Waals surface area contributed by atoms with Gasteiger partial charge in [0.2, 0.25) is 0 Å². The first kappa shape index (κ1) is 13.9. The number of oxazole rings is 1. The van der Waals surface area contributed by atoms with E-state index in [1.54, 1.807) is 0 Å². The predicted molar refractivity (Wildman–Crippen MR) is 67.9 cm³/mol. The van der Waals surface area contributed by atoms with Gasteiger partial charge in [-0.2, -0.15) is 18.2 Å². The van der Waals surface area contributed by atoms with Crippen molar-refractivity contribution in [2.24, 2.45) is 0 Å². The highest BCUT2D eigenvalue weighted by Gasteiger charge is 2.34. The number of benzene rings is 1. The summed E-state index contributed by atoms with van der Waals surface area (Å²) in [5, 5.41) is 3.23. The second-order valence-electron chi connectivity index (χ2n) is 4.86. The van der Waals surface area contributed by atoms with Gasteiger partial charge in [0, 0.05) is 12.6 Å². The molecule has 0 saturated heterocycles. The van der Waals surface area contributed by atoms with Gasteiger partial charge in [0.05, 0.1) is 11.3 Å². The second kappa shape index (κ2) is 5.40. The maximum Gasteiger partial charge on any atom is 0.419 e. The Hall–Kier alpha value is -2.02. The van der Waals surface area contributed by atoms with E-state index in [9.17, 15) is 13.2 Å². The van der Waals surface area contributed by atoms with E-state index >= 15 is 0 Å². The summed E-state index contributed by atoms with van der Waals surface area (Å²) in [6.07, 6.45) is -1.03. The Kier molecular flexibility index (Phi) is 3.59. The molecule has 1 N–H and O–H groups in total. The molecule has 1 saturated carbocycles. The molecule has 7 heteroatoms. The Balaban J connectivity index is 1.71. The number of para-hydroxylation sites is 1. The van der Waals surface area contributed by atoms with Crippen molar-refractivity contribution in [2.45, 2.75) is 31.6 Å². The fourth-order valence-corrected chi connectivity index (χ4v) is 1.84. The maximum atomic E-state index is 12.8. The molecule has 0 bridgehead atoms. The van der Waals surface area contributed by atoms with Crippen LogP contribution >= 0.6 is 0 Å². The lowest BCUT2D eigenvalue weighted by Crippen LogP contribution is -2.15. The largest absolute Gasteiger partial charge is 0.419 e. The first-order chi connectivity index (χ1) is 10.0.